The Balaban J connectivity index is 2.16. The molecule has 5 atom stereocenters. The number of hydrogen-bond donors (Lipinski definition) is 1. The van der Waals surface area contributed by atoms with Crippen LogP contribution in [0.3, 0.4) is 0 Å². The summed E-state index contributed by atoms with van der Waals surface area (Å²) in [6, 6.07) is 13.7. The minimum absolute atomic E-state index is 0.00866. The van der Waals surface area contributed by atoms with Crippen LogP contribution in [0.4, 0.5) is 13.2 Å². The summed E-state index contributed by atoms with van der Waals surface area (Å²) in [5, 5.41) is 11.3. The number of carbonyl (C=O) groups is 1. The molecule has 1 fully saturated rings. The van der Waals surface area contributed by atoms with E-state index in [9.17, 15) is 23.1 Å². The highest BCUT2D eigenvalue weighted by molar-refractivity contribution is 6.30. The first-order chi connectivity index (χ1) is 17.2. The van der Waals surface area contributed by atoms with Crippen LogP contribution in [-0.2, 0) is 4.79 Å². The molecular weight excluding hydrogens is 522 g/mol. The summed E-state index contributed by atoms with van der Waals surface area (Å²) < 4.78 is 40.4. The van der Waals surface area contributed by atoms with Crippen molar-refractivity contribution < 1.29 is 23.1 Å². The van der Waals surface area contributed by atoms with Gasteiger partial charge in [0, 0.05) is 22.0 Å². The molecule has 202 valence electrons. The van der Waals surface area contributed by atoms with Crippen LogP contribution in [-0.4, -0.2) is 33.7 Å². The number of alkyl halides is 3. The van der Waals surface area contributed by atoms with Crippen LogP contribution in [0.2, 0.25) is 10.0 Å². The highest BCUT2D eigenvalue weighted by Gasteiger charge is 2.53. The first-order valence-electron chi connectivity index (χ1n) is 12.5. The van der Waals surface area contributed by atoms with E-state index in [4.69, 9.17) is 23.2 Å². The third-order valence-electron chi connectivity index (χ3n) is 7.62. The minimum Gasteiger partial charge on any atom is -0.381 e. The molecule has 1 aliphatic heterocycles. The van der Waals surface area contributed by atoms with Crippen LogP contribution in [0, 0.1) is 5.41 Å². The quantitative estimate of drug-likeness (QED) is 0.315. The van der Waals surface area contributed by atoms with Crippen molar-refractivity contribution in [2.24, 2.45) is 5.41 Å². The van der Waals surface area contributed by atoms with Crippen molar-refractivity contribution in [3.05, 3.63) is 82.4 Å². The first kappa shape index (κ1) is 29.5. The normalized spacial score (nSPS) is 25.0. The van der Waals surface area contributed by atoms with Crippen LogP contribution in [0.5, 0.6) is 0 Å². The van der Waals surface area contributed by atoms with E-state index in [-0.39, 0.29) is 18.2 Å². The van der Waals surface area contributed by atoms with Crippen LogP contribution < -0.4 is 0 Å². The summed E-state index contributed by atoms with van der Waals surface area (Å²) in [6.07, 6.45) is -2.23. The molecule has 3 nitrogen and oxygen atoms in total. The van der Waals surface area contributed by atoms with Gasteiger partial charge in [-0.15, -0.1) is 6.58 Å². The second kappa shape index (κ2) is 11.4. The van der Waals surface area contributed by atoms with Gasteiger partial charge in [-0.1, -0.05) is 67.4 Å². The maximum atomic E-state index is 14.2. The third-order valence-corrected chi connectivity index (χ3v) is 8.11. The number of rotatable bonds is 9. The van der Waals surface area contributed by atoms with E-state index in [1.807, 2.05) is 44.2 Å². The third kappa shape index (κ3) is 6.35. The first-order valence-corrected chi connectivity index (χ1v) is 13.2. The van der Waals surface area contributed by atoms with Crippen LogP contribution in [0.25, 0.3) is 0 Å². The molecule has 1 N–H and O–H groups in total. The van der Waals surface area contributed by atoms with E-state index in [0.29, 0.717) is 29.3 Å². The number of aliphatic hydroxyl groups is 1. The number of allylic oxidation sites excluding steroid dienone is 1. The van der Waals surface area contributed by atoms with Crippen molar-refractivity contribution >= 4 is 29.1 Å². The van der Waals surface area contributed by atoms with Crippen LogP contribution in [0.1, 0.15) is 76.0 Å². The number of carbonyl (C=O) groups excluding carboxylic acids is 1. The van der Waals surface area contributed by atoms with Gasteiger partial charge < -0.3 is 10.0 Å². The number of nitrogens with zero attached hydrogens (tertiary/aromatic N) is 1. The molecular formula is C29H34Cl2F3NO2. The Kier molecular flexibility index (Phi) is 9.09. The molecule has 1 amide bonds. The predicted octanol–water partition coefficient (Wildman–Crippen LogP) is 8.51. The maximum Gasteiger partial charge on any atom is 0.416 e. The maximum absolute atomic E-state index is 14.2. The van der Waals surface area contributed by atoms with Crippen molar-refractivity contribution in [2.45, 2.75) is 82.7 Å². The van der Waals surface area contributed by atoms with E-state index in [1.54, 1.807) is 29.2 Å². The summed E-state index contributed by atoms with van der Waals surface area (Å²) >= 11 is 12.5. The summed E-state index contributed by atoms with van der Waals surface area (Å²) in [4.78, 5) is 16.0. The average molecular weight is 556 g/mol. The molecule has 1 aliphatic rings. The highest BCUT2D eigenvalue weighted by atomic mass is 35.5. The van der Waals surface area contributed by atoms with Crippen molar-refractivity contribution in [3.63, 3.8) is 0 Å². The van der Waals surface area contributed by atoms with Crippen LogP contribution in [0.15, 0.2) is 61.2 Å². The van der Waals surface area contributed by atoms with E-state index >= 15 is 0 Å². The molecule has 2 aromatic carbocycles. The number of halogens is 5. The Bertz CT molecular complexity index is 1100. The predicted molar refractivity (Wildman–Crippen MR) is 143 cm³/mol. The largest absolute Gasteiger partial charge is 0.416 e. The van der Waals surface area contributed by atoms with Crippen molar-refractivity contribution in [3.8, 4) is 0 Å². The smallest absolute Gasteiger partial charge is 0.381 e. The van der Waals surface area contributed by atoms with Crippen molar-refractivity contribution in [1.82, 2.24) is 4.90 Å². The van der Waals surface area contributed by atoms with Gasteiger partial charge in [0.2, 0.25) is 5.91 Å². The summed E-state index contributed by atoms with van der Waals surface area (Å²) in [7, 11) is 0. The van der Waals surface area contributed by atoms with Gasteiger partial charge in [0.1, 0.15) is 0 Å². The zero-order chi connectivity index (χ0) is 27.6. The standard InChI is InChI=1S/C29H34Cl2F3NO2/c1-5-15-27(3)18-24(20-8-7-9-22(31)17-20)25(19-10-12-21(30)13-11-19)35(26(27)36)23(6-2)14-16-28(4,37)29(32,33)34/h5,7-13,17,23-25,37H,1,6,14-16,18H2,2-4H3. The van der Waals surface area contributed by atoms with Crippen LogP contribution >= 0.6 is 23.2 Å². The molecule has 0 bridgehead atoms. The van der Waals surface area contributed by atoms with Gasteiger partial charge in [0.05, 0.1) is 11.5 Å². The molecule has 0 spiro atoms. The number of piperidine rings is 1. The van der Waals surface area contributed by atoms with Gasteiger partial charge in [-0.2, -0.15) is 13.2 Å². The molecule has 1 heterocycles. The Morgan fingerprint density at radius 3 is 2.35 bits per heavy atom. The average Bonchev–Trinajstić information content (AvgIpc) is 2.82. The van der Waals surface area contributed by atoms with Gasteiger partial charge in [0.15, 0.2) is 5.60 Å². The summed E-state index contributed by atoms with van der Waals surface area (Å²) in [5.74, 6) is -0.316. The fourth-order valence-corrected chi connectivity index (χ4v) is 5.74. The van der Waals surface area contributed by atoms with E-state index in [1.165, 1.54) is 0 Å². The second-order valence-electron chi connectivity index (χ2n) is 10.5. The fourth-order valence-electron chi connectivity index (χ4n) is 5.42. The number of benzene rings is 2. The molecule has 5 unspecified atom stereocenters. The molecule has 1 saturated heterocycles. The molecule has 37 heavy (non-hydrogen) atoms. The molecule has 0 aromatic heterocycles. The fraction of sp³-hybridized carbons (Fsp3) is 0.483. The molecule has 0 radical (unpaired) electrons. The Labute approximate surface area is 227 Å². The monoisotopic (exact) mass is 555 g/mol. The lowest BCUT2D eigenvalue weighted by atomic mass is 9.67. The molecule has 8 heteroatoms. The van der Waals surface area contributed by atoms with Gasteiger partial charge in [0.25, 0.3) is 0 Å². The minimum atomic E-state index is -4.77. The Hall–Kier alpha value is -2.02. The van der Waals surface area contributed by atoms with Gasteiger partial charge in [-0.05, 0) is 74.4 Å². The van der Waals surface area contributed by atoms with Gasteiger partial charge in [-0.3, -0.25) is 4.79 Å². The van der Waals surface area contributed by atoms with Gasteiger partial charge in [-0.25, -0.2) is 0 Å². The summed E-state index contributed by atoms with van der Waals surface area (Å²) in [6.45, 7) is 8.38. The lowest BCUT2D eigenvalue weighted by Crippen LogP contribution is -2.56. The number of likely N-dealkylation sites (tertiary alicyclic amines) is 1. The lowest BCUT2D eigenvalue weighted by Gasteiger charge is -2.52. The van der Waals surface area contributed by atoms with E-state index in [2.05, 4.69) is 6.58 Å². The van der Waals surface area contributed by atoms with E-state index in [0.717, 1.165) is 18.1 Å². The SMILES string of the molecule is C=CCC1(C)CC(c2cccc(Cl)c2)C(c2ccc(Cl)cc2)N(C(CC)CCC(C)(O)C(F)(F)F)C1=O. The molecule has 3 rings (SSSR count). The van der Waals surface area contributed by atoms with E-state index < -0.39 is 35.7 Å². The van der Waals surface area contributed by atoms with Crippen molar-refractivity contribution in [1.29, 1.82) is 0 Å². The Morgan fingerprint density at radius 1 is 1.16 bits per heavy atom. The Morgan fingerprint density at radius 2 is 1.81 bits per heavy atom. The van der Waals surface area contributed by atoms with Gasteiger partial charge >= 0.3 is 6.18 Å². The zero-order valence-corrected chi connectivity index (χ0v) is 22.9. The van der Waals surface area contributed by atoms with Crippen molar-refractivity contribution in [2.75, 3.05) is 0 Å². The molecule has 0 aliphatic carbocycles. The molecule has 2 aromatic rings. The number of hydrogen-bond acceptors (Lipinski definition) is 2. The lowest BCUT2D eigenvalue weighted by molar-refractivity contribution is -0.256. The number of amides is 1. The topological polar surface area (TPSA) is 40.5 Å². The highest BCUT2D eigenvalue weighted by Crippen LogP contribution is 2.53. The second-order valence-corrected chi connectivity index (χ2v) is 11.4. The zero-order valence-electron chi connectivity index (χ0n) is 21.4. The molecule has 0 saturated carbocycles. The summed E-state index contributed by atoms with van der Waals surface area (Å²) in [5.41, 5.74) is -1.88.